The first-order valence-electron chi connectivity index (χ1n) is 10.4. The van der Waals surface area contributed by atoms with Crippen LogP contribution in [0.1, 0.15) is 41.6 Å². The number of hydrogen-bond donors (Lipinski definition) is 3. The molecule has 1 saturated carbocycles. The SMILES string of the molecule is Cc1cc(Nc2nc3cccc(N[C@H]4CC[C@@H](O)CC4)n3n2)cc2c1C(=O)C(=O)N2C. The van der Waals surface area contributed by atoms with Gasteiger partial charge in [0, 0.05) is 18.8 Å². The summed E-state index contributed by atoms with van der Waals surface area (Å²) in [5, 5.41) is 21.0. The summed E-state index contributed by atoms with van der Waals surface area (Å²) in [5.74, 6) is 0.275. The Hall–Kier alpha value is -3.46. The Morgan fingerprint density at radius 2 is 1.90 bits per heavy atom. The van der Waals surface area contributed by atoms with E-state index in [2.05, 4.69) is 20.7 Å². The van der Waals surface area contributed by atoms with Gasteiger partial charge in [-0.3, -0.25) is 9.59 Å². The molecule has 1 aliphatic carbocycles. The molecule has 0 atom stereocenters. The fourth-order valence-electron chi connectivity index (χ4n) is 4.40. The van der Waals surface area contributed by atoms with Crippen LogP contribution in [0, 0.1) is 6.92 Å². The molecule has 3 aromatic rings. The van der Waals surface area contributed by atoms with E-state index in [4.69, 9.17) is 0 Å². The van der Waals surface area contributed by atoms with Crippen LogP contribution in [-0.2, 0) is 4.79 Å². The summed E-state index contributed by atoms with van der Waals surface area (Å²) >= 11 is 0. The lowest BCUT2D eigenvalue weighted by atomic mass is 9.93. The molecule has 1 aliphatic heterocycles. The number of nitrogens with zero attached hydrogens (tertiary/aromatic N) is 4. The maximum atomic E-state index is 12.2. The van der Waals surface area contributed by atoms with Crippen molar-refractivity contribution in [2.45, 2.75) is 44.8 Å². The molecule has 2 aliphatic rings. The molecular formula is C22H24N6O3. The minimum Gasteiger partial charge on any atom is -0.393 e. The number of ketones is 1. The van der Waals surface area contributed by atoms with E-state index >= 15 is 0 Å². The fourth-order valence-corrected chi connectivity index (χ4v) is 4.40. The number of aliphatic hydroxyl groups excluding tert-OH is 1. The molecule has 2 aromatic heterocycles. The predicted molar refractivity (Wildman–Crippen MR) is 117 cm³/mol. The van der Waals surface area contributed by atoms with Gasteiger partial charge in [-0.05, 0) is 62.4 Å². The zero-order valence-electron chi connectivity index (χ0n) is 17.4. The molecule has 0 saturated heterocycles. The highest BCUT2D eigenvalue weighted by molar-refractivity contribution is 6.52. The van der Waals surface area contributed by atoms with Crippen molar-refractivity contribution in [2.75, 3.05) is 22.6 Å². The smallest absolute Gasteiger partial charge is 0.299 e. The first-order valence-corrected chi connectivity index (χ1v) is 10.4. The lowest BCUT2D eigenvalue weighted by Gasteiger charge is -2.26. The highest BCUT2D eigenvalue weighted by atomic mass is 16.3. The van der Waals surface area contributed by atoms with Crippen LogP contribution in [0.15, 0.2) is 30.3 Å². The number of hydrogen-bond acceptors (Lipinski definition) is 7. The highest BCUT2D eigenvalue weighted by Crippen LogP contribution is 2.34. The number of carbonyl (C=O) groups excluding carboxylic acids is 2. The highest BCUT2D eigenvalue weighted by Gasteiger charge is 2.35. The molecule has 3 heterocycles. The van der Waals surface area contributed by atoms with Crippen LogP contribution in [0.2, 0.25) is 0 Å². The van der Waals surface area contributed by atoms with Gasteiger partial charge >= 0.3 is 0 Å². The Kier molecular flexibility index (Phi) is 4.62. The molecule has 0 bridgehead atoms. The van der Waals surface area contributed by atoms with Crippen molar-refractivity contribution in [1.29, 1.82) is 0 Å². The third kappa shape index (κ3) is 3.40. The molecule has 5 rings (SSSR count). The van der Waals surface area contributed by atoms with Crippen LogP contribution in [0.3, 0.4) is 0 Å². The van der Waals surface area contributed by atoms with Crippen molar-refractivity contribution in [3.63, 3.8) is 0 Å². The van der Waals surface area contributed by atoms with Gasteiger partial charge < -0.3 is 20.6 Å². The van der Waals surface area contributed by atoms with Crippen molar-refractivity contribution in [2.24, 2.45) is 0 Å². The van der Waals surface area contributed by atoms with Crippen molar-refractivity contribution in [3.8, 4) is 0 Å². The first-order chi connectivity index (χ1) is 14.9. The summed E-state index contributed by atoms with van der Waals surface area (Å²) in [4.78, 5) is 30.1. The standard InChI is InChI=1S/C22H24N6O3/c1-12-10-14(11-16-19(12)20(30)21(31)27(16)2)24-22-25-18-5-3-4-17(28(18)26-22)23-13-6-8-15(29)9-7-13/h3-5,10-11,13,15,23,29H,6-9H2,1-2H3,(H,24,26)/t13-,15+. The van der Waals surface area contributed by atoms with E-state index in [0.29, 0.717) is 34.6 Å². The molecule has 9 nitrogen and oxygen atoms in total. The van der Waals surface area contributed by atoms with E-state index in [-0.39, 0.29) is 6.10 Å². The topological polar surface area (TPSA) is 112 Å². The summed E-state index contributed by atoms with van der Waals surface area (Å²) in [6, 6.07) is 9.65. The fraction of sp³-hybridized carbons (Fsp3) is 0.364. The normalized spacial score (nSPS) is 20.9. The molecular weight excluding hydrogens is 396 g/mol. The summed E-state index contributed by atoms with van der Waals surface area (Å²) in [6.07, 6.45) is 3.23. The third-order valence-electron chi connectivity index (χ3n) is 6.07. The average Bonchev–Trinajstić information content (AvgIpc) is 3.25. The number of pyridine rings is 1. The molecule has 1 aromatic carbocycles. The van der Waals surface area contributed by atoms with Gasteiger partial charge in [-0.15, -0.1) is 5.10 Å². The van der Waals surface area contributed by atoms with Gasteiger partial charge in [-0.2, -0.15) is 9.50 Å². The maximum absolute atomic E-state index is 12.2. The molecule has 0 unspecified atom stereocenters. The van der Waals surface area contributed by atoms with E-state index in [1.807, 2.05) is 31.2 Å². The number of Topliss-reactive ketones (excluding diaryl/α,β-unsaturated/α-hetero) is 1. The second kappa shape index (κ2) is 7.35. The van der Waals surface area contributed by atoms with Gasteiger partial charge in [0.1, 0.15) is 5.82 Å². The zero-order valence-corrected chi connectivity index (χ0v) is 17.4. The van der Waals surface area contributed by atoms with Crippen molar-refractivity contribution in [1.82, 2.24) is 14.6 Å². The number of benzene rings is 1. The third-order valence-corrected chi connectivity index (χ3v) is 6.07. The lowest BCUT2D eigenvalue weighted by Crippen LogP contribution is -2.29. The molecule has 3 N–H and O–H groups in total. The number of likely N-dealkylation sites (N-methyl/N-ethyl adjacent to an activating group) is 1. The Labute approximate surface area is 179 Å². The van der Waals surface area contributed by atoms with Gasteiger partial charge in [0.2, 0.25) is 5.95 Å². The van der Waals surface area contributed by atoms with Crippen LogP contribution >= 0.6 is 0 Å². The maximum Gasteiger partial charge on any atom is 0.299 e. The van der Waals surface area contributed by atoms with Gasteiger partial charge in [-0.1, -0.05) is 6.07 Å². The Bertz CT molecular complexity index is 1200. The van der Waals surface area contributed by atoms with Crippen molar-refractivity contribution in [3.05, 3.63) is 41.5 Å². The van der Waals surface area contributed by atoms with E-state index in [0.717, 1.165) is 37.1 Å². The lowest BCUT2D eigenvalue weighted by molar-refractivity contribution is -0.114. The monoisotopic (exact) mass is 420 g/mol. The van der Waals surface area contributed by atoms with E-state index in [1.165, 1.54) is 4.90 Å². The minimum absolute atomic E-state index is 0.198. The van der Waals surface area contributed by atoms with E-state index < -0.39 is 11.7 Å². The van der Waals surface area contributed by atoms with Crippen molar-refractivity contribution >= 4 is 40.5 Å². The largest absolute Gasteiger partial charge is 0.393 e. The first kappa shape index (κ1) is 19.5. The van der Waals surface area contributed by atoms with Crippen molar-refractivity contribution < 1.29 is 14.7 Å². The Balaban J connectivity index is 1.42. The number of amides is 1. The van der Waals surface area contributed by atoms with E-state index in [9.17, 15) is 14.7 Å². The second-order valence-corrected chi connectivity index (χ2v) is 8.27. The van der Waals surface area contributed by atoms with Gasteiger partial charge in [0.25, 0.3) is 11.7 Å². The second-order valence-electron chi connectivity index (χ2n) is 8.27. The molecule has 160 valence electrons. The summed E-state index contributed by atoms with van der Waals surface area (Å²) in [6.45, 7) is 1.81. The molecule has 1 amide bonds. The molecule has 1 fully saturated rings. The van der Waals surface area contributed by atoms with E-state index in [1.54, 1.807) is 17.6 Å². The molecule has 0 spiro atoms. The van der Waals surface area contributed by atoms with Gasteiger partial charge in [-0.25, -0.2) is 0 Å². The van der Waals surface area contributed by atoms with Crippen LogP contribution in [0.4, 0.5) is 23.1 Å². The average molecular weight is 420 g/mol. The number of nitrogens with one attached hydrogen (secondary N) is 2. The quantitative estimate of drug-likeness (QED) is 0.556. The van der Waals surface area contributed by atoms with Crippen LogP contribution in [0.25, 0.3) is 5.65 Å². The molecule has 9 heteroatoms. The number of aromatic nitrogens is 3. The van der Waals surface area contributed by atoms with Gasteiger partial charge in [0.05, 0.1) is 17.4 Å². The summed E-state index contributed by atoms with van der Waals surface area (Å²) in [7, 11) is 1.60. The minimum atomic E-state index is -0.521. The number of aryl methyl sites for hydroxylation is 1. The Morgan fingerprint density at radius 3 is 2.68 bits per heavy atom. The van der Waals surface area contributed by atoms with Gasteiger partial charge in [0.15, 0.2) is 5.65 Å². The number of carbonyl (C=O) groups is 2. The summed E-state index contributed by atoms with van der Waals surface area (Å²) < 4.78 is 1.76. The van der Waals surface area contributed by atoms with Crippen LogP contribution < -0.4 is 15.5 Å². The van der Waals surface area contributed by atoms with Crippen LogP contribution in [0.5, 0.6) is 0 Å². The number of rotatable bonds is 4. The predicted octanol–water partition coefficient (Wildman–Crippen LogP) is 2.66. The number of aliphatic hydroxyl groups is 1. The Morgan fingerprint density at radius 1 is 1.13 bits per heavy atom. The number of fused-ring (bicyclic) bond motifs is 2. The zero-order chi connectivity index (χ0) is 21.7. The molecule has 0 radical (unpaired) electrons. The number of anilines is 4. The van der Waals surface area contributed by atoms with Crippen LogP contribution in [-0.4, -0.2) is 50.6 Å². The summed E-state index contributed by atoms with van der Waals surface area (Å²) in [5.41, 5.74) is 3.17. The molecule has 31 heavy (non-hydrogen) atoms.